The Balaban J connectivity index is 1.81. The maximum absolute atomic E-state index is 12.3. The number of rotatable bonds is 5. The molecule has 24 heavy (non-hydrogen) atoms. The van der Waals surface area contributed by atoms with E-state index >= 15 is 0 Å². The van der Waals surface area contributed by atoms with E-state index in [9.17, 15) is 16.8 Å². The molecule has 0 radical (unpaired) electrons. The van der Waals surface area contributed by atoms with Gasteiger partial charge in [0.15, 0.2) is 9.84 Å². The fourth-order valence-corrected chi connectivity index (χ4v) is 5.89. The molecule has 0 amide bonds. The third-order valence-electron chi connectivity index (χ3n) is 4.81. The number of hydrogen-bond donors (Lipinski definition) is 0. The summed E-state index contributed by atoms with van der Waals surface area (Å²) in [5.74, 6) is 0.882. The third kappa shape index (κ3) is 3.82. The quantitative estimate of drug-likeness (QED) is 0.769. The van der Waals surface area contributed by atoms with Crippen LogP contribution in [-0.2, 0) is 26.4 Å². The van der Waals surface area contributed by atoms with Gasteiger partial charge in [-0.1, -0.05) is 12.1 Å². The highest BCUT2D eigenvalue weighted by Gasteiger charge is 2.41. The van der Waals surface area contributed by atoms with Crippen LogP contribution >= 0.6 is 0 Å². The molecule has 0 spiro atoms. The third-order valence-corrected chi connectivity index (χ3v) is 8.28. The second-order valence-electron chi connectivity index (χ2n) is 6.92. The molecule has 1 saturated carbocycles. The molecule has 2 fully saturated rings. The maximum atomic E-state index is 12.3. The summed E-state index contributed by atoms with van der Waals surface area (Å²) in [6.45, 7) is 1.11. The lowest BCUT2D eigenvalue weighted by Gasteiger charge is -2.35. The van der Waals surface area contributed by atoms with Gasteiger partial charge in [-0.15, -0.1) is 0 Å². The highest BCUT2D eigenvalue weighted by Crippen LogP contribution is 2.38. The van der Waals surface area contributed by atoms with Crippen LogP contribution in [-0.4, -0.2) is 64.2 Å². The minimum Gasteiger partial charge on any atom is -0.294 e. The highest BCUT2D eigenvalue weighted by molar-refractivity contribution is 7.91. The van der Waals surface area contributed by atoms with Crippen molar-refractivity contribution in [1.82, 2.24) is 9.21 Å². The first-order valence-corrected chi connectivity index (χ1v) is 11.4. The smallest absolute Gasteiger partial charge is 0.242 e. The van der Waals surface area contributed by atoms with Crippen LogP contribution in [0.3, 0.4) is 0 Å². The normalized spacial score (nSPS) is 25.0. The SMILES string of the molecule is CN(C)S(=O)(=O)c1cccc(CN2CCS(=O)(=O)CC2C2CC2)c1. The molecule has 1 unspecified atom stereocenters. The largest absolute Gasteiger partial charge is 0.294 e. The van der Waals surface area contributed by atoms with Gasteiger partial charge in [-0.25, -0.2) is 21.1 Å². The van der Waals surface area contributed by atoms with Crippen molar-refractivity contribution in [3.8, 4) is 0 Å². The van der Waals surface area contributed by atoms with E-state index in [4.69, 9.17) is 0 Å². The van der Waals surface area contributed by atoms with E-state index in [-0.39, 0.29) is 22.4 Å². The van der Waals surface area contributed by atoms with Gasteiger partial charge in [-0.3, -0.25) is 4.90 Å². The van der Waals surface area contributed by atoms with Gasteiger partial charge in [0.05, 0.1) is 16.4 Å². The van der Waals surface area contributed by atoms with Crippen LogP contribution in [0.1, 0.15) is 18.4 Å². The predicted octanol–water partition coefficient (Wildman–Crippen LogP) is 0.946. The lowest BCUT2D eigenvalue weighted by molar-refractivity contribution is 0.185. The standard InChI is InChI=1S/C16H24N2O4S2/c1-17(2)24(21,22)15-5-3-4-13(10-15)11-18-8-9-23(19,20)12-16(18)14-6-7-14/h3-5,10,14,16H,6-9,11-12H2,1-2H3. The molecule has 0 bridgehead atoms. The van der Waals surface area contributed by atoms with E-state index in [0.29, 0.717) is 19.0 Å². The highest BCUT2D eigenvalue weighted by atomic mass is 32.2. The molecule has 2 aliphatic rings. The number of sulfonamides is 1. The van der Waals surface area contributed by atoms with Crippen LogP contribution in [0.25, 0.3) is 0 Å². The second kappa shape index (κ2) is 6.40. The fourth-order valence-electron chi connectivity index (χ4n) is 3.23. The number of sulfone groups is 1. The first-order chi connectivity index (χ1) is 11.2. The van der Waals surface area contributed by atoms with E-state index < -0.39 is 19.9 Å². The van der Waals surface area contributed by atoms with Gasteiger partial charge >= 0.3 is 0 Å². The van der Waals surface area contributed by atoms with Gasteiger partial charge in [0.1, 0.15) is 0 Å². The molecule has 1 aliphatic heterocycles. The molecular formula is C16H24N2O4S2. The monoisotopic (exact) mass is 372 g/mol. The molecule has 1 saturated heterocycles. The van der Waals surface area contributed by atoms with Gasteiger partial charge in [0.25, 0.3) is 0 Å². The Morgan fingerprint density at radius 2 is 1.96 bits per heavy atom. The lowest BCUT2D eigenvalue weighted by atomic mass is 10.1. The second-order valence-corrected chi connectivity index (χ2v) is 11.3. The molecule has 0 N–H and O–H groups in total. The molecule has 1 aromatic rings. The Morgan fingerprint density at radius 3 is 2.58 bits per heavy atom. The van der Waals surface area contributed by atoms with E-state index in [1.807, 2.05) is 6.07 Å². The summed E-state index contributed by atoms with van der Waals surface area (Å²) in [7, 11) is -3.38. The lowest BCUT2D eigenvalue weighted by Crippen LogP contribution is -2.49. The predicted molar refractivity (Wildman–Crippen MR) is 92.9 cm³/mol. The maximum Gasteiger partial charge on any atom is 0.242 e. The van der Waals surface area contributed by atoms with Crippen molar-refractivity contribution >= 4 is 19.9 Å². The van der Waals surface area contributed by atoms with E-state index in [1.165, 1.54) is 18.4 Å². The first-order valence-electron chi connectivity index (χ1n) is 8.15. The average molecular weight is 373 g/mol. The molecule has 1 aliphatic carbocycles. The zero-order valence-corrected chi connectivity index (χ0v) is 15.7. The summed E-state index contributed by atoms with van der Waals surface area (Å²) in [6.07, 6.45) is 2.18. The van der Waals surface area contributed by atoms with Gasteiger partial charge in [-0.2, -0.15) is 0 Å². The summed E-state index contributed by atoms with van der Waals surface area (Å²) >= 11 is 0. The Morgan fingerprint density at radius 1 is 1.25 bits per heavy atom. The minimum absolute atomic E-state index is 0.0675. The fraction of sp³-hybridized carbons (Fsp3) is 0.625. The topological polar surface area (TPSA) is 74.8 Å². The van der Waals surface area contributed by atoms with Crippen LogP contribution in [0.2, 0.25) is 0 Å². The summed E-state index contributed by atoms with van der Waals surface area (Å²) in [4.78, 5) is 2.48. The molecule has 8 heteroatoms. The molecule has 0 aromatic heterocycles. The van der Waals surface area contributed by atoms with Crippen LogP contribution < -0.4 is 0 Å². The van der Waals surface area contributed by atoms with Crippen molar-refractivity contribution < 1.29 is 16.8 Å². The molecule has 1 heterocycles. The van der Waals surface area contributed by atoms with Crippen LogP contribution in [0.5, 0.6) is 0 Å². The van der Waals surface area contributed by atoms with Crippen molar-refractivity contribution in [3.63, 3.8) is 0 Å². The number of nitrogens with zero attached hydrogens (tertiary/aromatic N) is 2. The summed E-state index contributed by atoms with van der Waals surface area (Å²) in [6, 6.07) is 7.01. The van der Waals surface area contributed by atoms with Crippen molar-refractivity contribution in [2.75, 3.05) is 32.1 Å². The van der Waals surface area contributed by atoms with Crippen molar-refractivity contribution in [2.45, 2.75) is 30.3 Å². The van der Waals surface area contributed by atoms with Crippen LogP contribution in [0.15, 0.2) is 29.2 Å². The van der Waals surface area contributed by atoms with Gasteiger partial charge in [0, 0.05) is 33.2 Å². The molecule has 6 nitrogen and oxygen atoms in total. The van der Waals surface area contributed by atoms with E-state index in [2.05, 4.69) is 4.90 Å². The minimum atomic E-state index is -3.46. The van der Waals surface area contributed by atoms with E-state index in [1.54, 1.807) is 18.2 Å². The number of benzene rings is 1. The molecule has 134 valence electrons. The zero-order chi connectivity index (χ0) is 17.5. The first kappa shape index (κ1) is 17.8. The number of hydrogen-bond acceptors (Lipinski definition) is 5. The van der Waals surface area contributed by atoms with Gasteiger partial charge in [-0.05, 0) is 36.5 Å². The van der Waals surface area contributed by atoms with Crippen molar-refractivity contribution in [2.24, 2.45) is 5.92 Å². The van der Waals surface area contributed by atoms with Crippen molar-refractivity contribution in [1.29, 1.82) is 0 Å². The summed E-state index contributed by atoms with van der Waals surface area (Å²) in [5, 5.41) is 0. The molecular weight excluding hydrogens is 348 g/mol. The molecule has 1 atom stereocenters. The Labute approximate surface area is 144 Å². The summed E-state index contributed by atoms with van der Waals surface area (Å²) < 4.78 is 49.6. The Hall–Kier alpha value is -0.960. The van der Waals surface area contributed by atoms with Crippen LogP contribution in [0, 0.1) is 5.92 Å². The van der Waals surface area contributed by atoms with Gasteiger partial charge < -0.3 is 0 Å². The van der Waals surface area contributed by atoms with Gasteiger partial charge in [0.2, 0.25) is 10.0 Å². The van der Waals surface area contributed by atoms with E-state index in [0.717, 1.165) is 18.4 Å². The zero-order valence-electron chi connectivity index (χ0n) is 14.1. The Bertz CT molecular complexity index is 814. The Kier molecular flexibility index (Phi) is 4.76. The molecule has 1 aromatic carbocycles. The van der Waals surface area contributed by atoms with Crippen LogP contribution in [0.4, 0.5) is 0 Å². The summed E-state index contributed by atoms with van der Waals surface area (Å²) in [5.41, 5.74) is 0.905. The average Bonchev–Trinajstić information content (AvgIpc) is 3.34. The van der Waals surface area contributed by atoms with Crippen molar-refractivity contribution in [3.05, 3.63) is 29.8 Å². The molecule has 3 rings (SSSR count).